The van der Waals surface area contributed by atoms with E-state index in [1.54, 1.807) is 0 Å². The van der Waals surface area contributed by atoms with Gasteiger partial charge in [-0.3, -0.25) is 4.79 Å². The van der Waals surface area contributed by atoms with Crippen molar-refractivity contribution in [1.29, 1.82) is 0 Å². The largest absolute Gasteiger partial charge is 1.00 e. The van der Waals surface area contributed by atoms with E-state index in [4.69, 9.17) is 5.11 Å². The van der Waals surface area contributed by atoms with E-state index in [1.807, 2.05) is 0 Å². The molecule has 0 fully saturated rings. The van der Waals surface area contributed by atoms with E-state index in [1.165, 1.54) is 22.8 Å². The second kappa shape index (κ2) is 12.1. The molecule has 0 bridgehead atoms. The number of carbonyl (C=O) groups is 1. The second-order valence-electron chi connectivity index (χ2n) is 5.45. The van der Waals surface area contributed by atoms with Gasteiger partial charge in [-0.05, 0) is 36.4 Å². The Morgan fingerprint density at radius 3 is 1.19 bits per heavy atom. The quantitative estimate of drug-likeness (QED) is 0.300. The molecule has 0 amide bonds. The van der Waals surface area contributed by atoms with Gasteiger partial charge in [0.05, 0.1) is 7.92 Å². The van der Waals surface area contributed by atoms with Gasteiger partial charge in [-0.15, -0.1) is 0 Å². The number of aliphatic carboxylic acids is 1. The Balaban J connectivity index is 0.000000422. The van der Waals surface area contributed by atoms with Crippen molar-refractivity contribution in [3.05, 3.63) is 91.0 Å². The zero-order valence-corrected chi connectivity index (χ0v) is 18.3. The normalized spacial score (nSPS) is 10.9. The Bertz CT molecular complexity index is 674. The third-order valence-electron chi connectivity index (χ3n) is 3.54. The summed E-state index contributed by atoms with van der Waals surface area (Å²) in [4.78, 5) is 9.59. The third kappa shape index (κ3) is 7.11. The van der Waals surface area contributed by atoms with Gasteiger partial charge in [-0.25, -0.2) is 0 Å². The van der Waals surface area contributed by atoms with Crippen LogP contribution in [0.1, 0.15) is 6.92 Å². The first-order valence-corrected chi connectivity index (χ1v) is 9.98. The summed E-state index contributed by atoms with van der Waals surface area (Å²) >= 11 is 4.30. The predicted molar refractivity (Wildman–Crippen MR) is 111 cm³/mol. The monoisotopic (exact) mass is 565 g/mol. The molecule has 3 rings (SSSR count). The van der Waals surface area contributed by atoms with Crippen molar-refractivity contribution < 1.29 is 32.3 Å². The summed E-state index contributed by atoms with van der Waals surface area (Å²) in [5.41, 5.74) is 0. The molecule has 26 heavy (non-hydrogen) atoms. The van der Waals surface area contributed by atoms with Crippen molar-refractivity contribution >= 4 is 42.4 Å². The van der Waals surface area contributed by atoms with Crippen molar-refractivity contribution in [1.82, 2.24) is 0 Å². The predicted octanol–water partition coefficient (Wildman–Crippen LogP) is 3.18. The average molecular weight is 565 g/mol. The van der Waals surface area contributed by atoms with Crippen LogP contribution >= 0.6 is 7.92 Å². The summed E-state index contributed by atoms with van der Waals surface area (Å²) in [5.74, 6) is -0.926. The summed E-state index contributed by atoms with van der Waals surface area (Å²) in [7, 11) is -0.877. The maximum atomic E-state index is 9.59. The number of carboxylic acid groups (broad SMARTS) is 1. The van der Waals surface area contributed by atoms with Gasteiger partial charge in [0.2, 0.25) is 0 Å². The summed E-state index contributed by atoms with van der Waals surface area (Å²) in [6.45, 7) is 1.46. The maximum Gasteiger partial charge on any atom is 1.00 e. The van der Waals surface area contributed by atoms with E-state index in [9.17, 15) is 4.79 Å². The van der Waals surface area contributed by atoms with Crippen molar-refractivity contribution in [3.8, 4) is 0 Å². The van der Waals surface area contributed by atoms with Crippen LogP contribution < -0.4 is 15.9 Å². The van der Waals surface area contributed by atoms with E-state index in [0.717, 1.165) is 0 Å². The van der Waals surface area contributed by atoms with E-state index in [-0.39, 0.29) is 22.4 Å². The molecule has 138 valence electrons. The van der Waals surface area contributed by atoms with Crippen LogP contribution in [0.5, 0.6) is 0 Å². The zero-order chi connectivity index (χ0) is 18.1. The summed E-state index contributed by atoms with van der Waals surface area (Å²) < 4.78 is 0. The molecule has 0 radical (unpaired) electrons. The molecular formula is C21H21AuO2PS+. The SMILES string of the molecule is CC([S-])C(=O)O.[Au+].c1ccc([PH+](c2ccccc2)c2ccccc2)cc1. The van der Waals surface area contributed by atoms with Crippen molar-refractivity contribution in [3.63, 3.8) is 0 Å². The van der Waals surface area contributed by atoms with Crippen LogP contribution in [0.2, 0.25) is 0 Å². The minimum atomic E-state index is -0.926. The van der Waals surface area contributed by atoms with Gasteiger partial charge >= 0.3 is 22.4 Å². The van der Waals surface area contributed by atoms with E-state index < -0.39 is 19.1 Å². The molecule has 1 unspecified atom stereocenters. The van der Waals surface area contributed by atoms with Gasteiger partial charge in [-0.2, -0.15) is 0 Å². The minimum Gasteiger partial charge on any atom is -0.778 e. The molecule has 0 saturated carbocycles. The first-order valence-electron chi connectivity index (χ1n) is 8.01. The van der Waals surface area contributed by atoms with Crippen LogP contribution in [0.3, 0.4) is 0 Å². The number of hydrogen-bond acceptors (Lipinski definition) is 2. The Morgan fingerprint density at radius 1 is 0.769 bits per heavy atom. The Hall–Kier alpha value is -1.35. The molecule has 2 nitrogen and oxygen atoms in total. The molecule has 0 aliphatic carbocycles. The molecule has 0 aliphatic heterocycles. The van der Waals surface area contributed by atoms with E-state index in [2.05, 4.69) is 104 Å². The number of rotatable bonds is 4. The van der Waals surface area contributed by atoms with Crippen LogP contribution in [-0.4, -0.2) is 16.3 Å². The van der Waals surface area contributed by atoms with Gasteiger partial charge in [0.1, 0.15) is 15.9 Å². The first-order chi connectivity index (χ1) is 12.1. The average Bonchev–Trinajstić information content (AvgIpc) is 2.65. The van der Waals surface area contributed by atoms with Gasteiger partial charge in [0.25, 0.3) is 5.97 Å². The van der Waals surface area contributed by atoms with Crippen LogP contribution in [0.15, 0.2) is 91.0 Å². The first kappa shape index (κ1) is 22.7. The zero-order valence-electron chi connectivity index (χ0n) is 14.3. The van der Waals surface area contributed by atoms with Crippen LogP contribution in [-0.2, 0) is 39.8 Å². The van der Waals surface area contributed by atoms with E-state index in [0.29, 0.717) is 0 Å². The molecule has 0 aliphatic rings. The Labute approximate surface area is 177 Å². The Kier molecular flexibility index (Phi) is 10.6. The molecule has 3 aromatic rings. The van der Waals surface area contributed by atoms with Gasteiger partial charge in [-0.1, -0.05) is 66.8 Å². The fourth-order valence-corrected chi connectivity index (χ4v) is 4.89. The maximum absolute atomic E-state index is 9.59. The number of benzene rings is 3. The third-order valence-corrected chi connectivity index (χ3v) is 6.47. The standard InChI is InChI=1S/C18H15P.C3H6O2S.Au/c1-4-10-16(11-5-1)19(17-12-6-2-7-13-17)18-14-8-3-9-15-18;1-2(6)3(4)5;/h1-15H;2,6H,1H3,(H,4,5);/q;;+1. The molecule has 0 spiro atoms. The summed E-state index contributed by atoms with van der Waals surface area (Å²) in [5, 5.41) is 11.5. The van der Waals surface area contributed by atoms with Crippen molar-refractivity contribution in [2.24, 2.45) is 0 Å². The van der Waals surface area contributed by atoms with Crippen molar-refractivity contribution in [2.75, 3.05) is 0 Å². The minimum absolute atomic E-state index is 0. The summed E-state index contributed by atoms with van der Waals surface area (Å²) in [6, 6.07) is 32.5. The molecule has 0 saturated heterocycles. The molecule has 5 heteroatoms. The second-order valence-corrected chi connectivity index (χ2v) is 8.64. The Morgan fingerprint density at radius 2 is 1.00 bits per heavy atom. The smallest absolute Gasteiger partial charge is 0.778 e. The molecule has 0 heterocycles. The topological polar surface area (TPSA) is 37.3 Å². The van der Waals surface area contributed by atoms with Gasteiger partial charge in [0.15, 0.2) is 0 Å². The van der Waals surface area contributed by atoms with E-state index >= 15 is 0 Å². The van der Waals surface area contributed by atoms with Crippen LogP contribution in [0, 0.1) is 0 Å². The van der Waals surface area contributed by atoms with Gasteiger partial charge in [0, 0.05) is 0 Å². The molecule has 1 N–H and O–H groups in total. The van der Waals surface area contributed by atoms with Crippen LogP contribution in [0.4, 0.5) is 0 Å². The molecular weight excluding hydrogens is 544 g/mol. The summed E-state index contributed by atoms with van der Waals surface area (Å²) in [6.07, 6.45) is 0. The fourth-order valence-electron chi connectivity index (χ4n) is 2.31. The number of hydrogen-bond donors (Lipinski definition) is 1. The fraction of sp³-hybridized carbons (Fsp3) is 0.0952. The molecule has 1 atom stereocenters. The molecule has 0 aromatic heterocycles. The van der Waals surface area contributed by atoms with Crippen molar-refractivity contribution in [2.45, 2.75) is 12.2 Å². The molecule has 3 aromatic carbocycles. The van der Waals surface area contributed by atoms with Gasteiger partial charge < -0.3 is 17.7 Å². The van der Waals surface area contributed by atoms with Crippen LogP contribution in [0.25, 0.3) is 0 Å². The number of carboxylic acids is 1.